The maximum absolute atomic E-state index is 10.6. The normalized spacial score (nSPS) is 17.8. The van der Waals surface area contributed by atoms with Crippen LogP contribution in [0.25, 0.3) is 0 Å². The molecule has 1 aromatic heterocycles. The van der Waals surface area contributed by atoms with Gasteiger partial charge in [0.1, 0.15) is 0 Å². The van der Waals surface area contributed by atoms with Crippen LogP contribution in [0, 0.1) is 5.92 Å². The Morgan fingerprint density at radius 2 is 2.20 bits per heavy atom. The molecule has 1 aromatic rings. The molecule has 0 aliphatic heterocycles. The van der Waals surface area contributed by atoms with Crippen LogP contribution in [0.1, 0.15) is 37.2 Å². The molecule has 0 bridgehead atoms. The number of hydrogen-bond acceptors (Lipinski definition) is 3. The Balaban J connectivity index is 2.08. The second kappa shape index (κ2) is 3.29. The lowest BCUT2D eigenvalue weighted by Crippen LogP contribution is -2.27. The molecular weight excluding hydrogens is 194 g/mol. The Hall–Kier alpha value is -1.45. The van der Waals surface area contributed by atoms with Crippen molar-refractivity contribution in [2.24, 2.45) is 5.92 Å². The lowest BCUT2D eigenvalue weighted by Gasteiger charge is -2.20. The zero-order valence-electron chi connectivity index (χ0n) is 8.91. The summed E-state index contributed by atoms with van der Waals surface area (Å²) >= 11 is 0. The number of hydrogen-bond donors (Lipinski definition) is 2. The molecule has 82 valence electrons. The van der Waals surface area contributed by atoms with Crippen molar-refractivity contribution in [3.05, 3.63) is 17.9 Å². The van der Waals surface area contributed by atoms with Gasteiger partial charge in [0.15, 0.2) is 5.88 Å². The molecule has 0 amide bonds. The molecule has 2 rings (SSSR count). The maximum atomic E-state index is 10.6. The van der Waals surface area contributed by atoms with E-state index in [1.807, 2.05) is 0 Å². The van der Waals surface area contributed by atoms with Gasteiger partial charge in [-0.05, 0) is 24.8 Å². The fourth-order valence-corrected chi connectivity index (χ4v) is 1.75. The Kier molecular flexibility index (Phi) is 2.21. The second-order valence-electron chi connectivity index (χ2n) is 4.40. The summed E-state index contributed by atoms with van der Waals surface area (Å²) in [5.74, 6) is 0.0315. The number of rotatable bonds is 4. The van der Waals surface area contributed by atoms with Gasteiger partial charge in [0.05, 0.1) is 0 Å². The first-order valence-corrected chi connectivity index (χ1v) is 5.15. The van der Waals surface area contributed by atoms with Crippen LogP contribution < -0.4 is 5.32 Å². The van der Waals surface area contributed by atoms with E-state index in [2.05, 4.69) is 19.2 Å². The van der Waals surface area contributed by atoms with Gasteiger partial charge < -0.3 is 14.8 Å². The standard InChI is InChI=1S/C11H15NO3/c1-7(2)11(5-6-11)12-9-4-3-8(15-9)10(13)14/h3-4,7,12H,5-6H2,1-2H3,(H,13,14). The summed E-state index contributed by atoms with van der Waals surface area (Å²) < 4.78 is 5.16. The van der Waals surface area contributed by atoms with Crippen LogP contribution in [0.2, 0.25) is 0 Å². The van der Waals surface area contributed by atoms with Crippen LogP contribution in [0.15, 0.2) is 16.5 Å². The van der Waals surface area contributed by atoms with E-state index in [9.17, 15) is 4.79 Å². The lowest BCUT2D eigenvalue weighted by molar-refractivity contribution is 0.0663. The Morgan fingerprint density at radius 1 is 1.53 bits per heavy atom. The number of carbonyl (C=O) groups is 1. The molecule has 1 aliphatic rings. The van der Waals surface area contributed by atoms with Crippen molar-refractivity contribution < 1.29 is 14.3 Å². The van der Waals surface area contributed by atoms with Gasteiger partial charge in [-0.15, -0.1) is 0 Å². The van der Waals surface area contributed by atoms with Gasteiger partial charge in [0.25, 0.3) is 0 Å². The van der Waals surface area contributed by atoms with E-state index in [-0.39, 0.29) is 11.3 Å². The van der Waals surface area contributed by atoms with E-state index in [1.165, 1.54) is 6.07 Å². The molecule has 0 aromatic carbocycles. The predicted molar refractivity (Wildman–Crippen MR) is 56.1 cm³/mol. The summed E-state index contributed by atoms with van der Waals surface area (Å²) in [7, 11) is 0. The summed E-state index contributed by atoms with van der Waals surface area (Å²) in [6.07, 6.45) is 2.24. The number of aromatic carboxylic acids is 1. The first-order chi connectivity index (χ1) is 7.03. The Labute approximate surface area is 88.3 Å². The summed E-state index contributed by atoms with van der Waals surface area (Å²) in [4.78, 5) is 10.6. The largest absolute Gasteiger partial charge is 0.475 e. The van der Waals surface area contributed by atoms with Crippen LogP contribution in [-0.2, 0) is 0 Å². The van der Waals surface area contributed by atoms with E-state index in [0.717, 1.165) is 12.8 Å². The number of anilines is 1. The molecular formula is C11H15NO3. The number of furan rings is 1. The topological polar surface area (TPSA) is 62.5 Å². The number of carboxylic acids is 1. The van der Waals surface area contributed by atoms with Crippen molar-refractivity contribution in [1.82, 2.24) is 0 Å². The fourth-order valence-electron chi connectivity index (χ4n) is 1.75. The van der Waals surface area contributed by atoms with Crippen LogP contribution in [0.4, 0.5) is 5.88 Å². The van der Waals surface area contributed by atoms with Crippen molar-refractivity contribution in [3.63, 3.8) is 0 Å². The molecule has 1 heterocycles. The molecule has 4 nitrogen and oxygen atoms in total. The van der Waals surface area contributed by atoms with Crippen LogP contribution in [0.3, 0.4) is 0 Å². The third kappa shape index (κ3) is 1.84. The third-order valence-electron chi connectivity index (χ3n) is 3.08. The van der Waals surface area contributed by atoms with Crippen molar-refractivity contribution in [1.29, 1.82) is 0 Å². The zero-order chi connectivity index (χ0) is 11.1. The van der Waals surface area contributed by atoms with Crippen molar-refractivity contribution >= 4 is 11.9 Å². The van der Waals surface area contributed by atoms with Gasteiger partial charge in [-0.1, -0.05) is 13.8 Å². The highest BCUT2D eigenvalue weighted by molar-refractivity contribution is 5.84. The van der Waals surface area contributed by atoms with Crippen LogP contribution in [0.5, 0.6) is 0 Å². The molecule has 1 aliphatic carbocycles. The molecule has 0 atom stereocenters. The highest BCUT2D eigenvalue weighted by atomic mass is 16.4. The first-order valence-electron chi connectivity index (χ1n) is 5.15. The summed E-state index contributed by atoms with van der Waals surface area (Å²) in [6, 6.07) is 3.15. The summed E-state index contributed by atoms with van der Waals surface area (Å²) in [5, 5.41) is 12.0. The molecule has 1 saturated carbocycles. The van der Waals surface area contributed by atoms with Gasteiger partial charge in [-0.25, -0.2) is 4.79 Å². The molecule has 0 radical (unpaired) electrons. The van der Waals surface area contributed by atoms with E-state index in [4.69, 9.17) is 9.52 Å². The molecule has 2 N–H and O–H groups in total. The Morgan fingerprint density at radius 3 is 2.60 bits per heavy atom. The molecule has 4 heteroatoms. The van der Waals surface area contributed by atoms with Gasteiger partial charge in [0.2, 0.25) is 5.76 Å². The minimum atomic E-state index is -1.03. The van der Waals surface area contributed by atoms with Gasteiger partial charge in [-0.3, -0.25) is 0 Å². The van der Waals surface area contributed by atoms with Gasteiger partial charge in [0, 0.05) is 11.6 Å². The molecule has 15 heavy (non-hydrogen) atoms. The zero-order valence-corrected chi connectivity index (χ0v) is 8.91. The number of nitrogens with one attached hydrogen (secondary N) is 1. The average Bonchev–Trinajstić information content (AvgIpc) is 2.76. The van der Waals surface area contributed by atoms with Crippen molar-refractivity contribution in [3.8, 4) is 0 Å². The third-order valence-corrected chi connectivity index (χ3v) is 3.08. The summed E-state index contributed by atoms with van der Waals surface area (Å²) in [5.41, 5.74) is 0.119. The fraction of sp³-hybridized carbons (Fsp3) is 0.545. The van der Waals surface area contributed by atoms with Gasteiger partial charge >= 0.3 is 5.97 Å². The molecule has 1 fully saturated rings. The van der Waals surface area contributed by atoms with E-state index in [0.29, 0.717) is 11.8 Å². The van der Waals surface area contributed by atoms with E-state index < -0.39 is 5.97 Å². The quantitative estimate of drug-likeness (QED) is 0.800. The minimum Gasteiger partial charge on any atom is -0.475 e. The van der Waals surface area contributed by atoms with Crippen molar-refractivity contribution in [2.45, 2.75) is 32.2 Å². The highest BCUT2D eigenvalue weighted by Crippen LogP contribution is 2.45. The van der Waals surface area contributed by atoms with E-state index in [1.54, 1.807) is 6.07 Å². The first kappa shape index (κ1) is 10.1. The van der Waals surface area contributed by atoms with Gasteiger partial charge in [-0.2, -0.15) is 0 Å². The average molecular weight is 209 g/mol. The van der Waals surface area contributed by atoms with Crippen LogP contribution >= 0.6 is 0 Å². The second-order valence-corrected chi connectivity index (χ2v) is 4.40. The Bertz CT molecular complexity index is 377. The SMILES string of the molecule is CC(C)C1(Nc2ccc(C(=O)O)o2)CC1. The molecule has 0 spiro atoms. The van der Waals surface area contributed by atoms with Crippen LogP contribution in [-0.4, -0.2) is 16.6 Å². The molecule has 0 saturated heterocycles. The van der Waals surface area contributed by atoms with E-state index >= 15 is 0 Å². The van der Waals surface area contributed by atoms with Crippen molar-refractivity contribution in [2.75, 3.05) is 5.32 Å². The summed E-state index contributed by atoms with van der Waals surface area (Å²) in [6.45, 7) is 4.31. The minimum absolute atomic E-state index is 0.0166. The predicted octanol–water partition coefficient (Wildman–Crippen LogP) is 2.58. The monoisotopic (exact) mass is 209 g/mol. The lowest BCUT2D eigenvalue weighted by atomic mass is 10.0. The smallest absolute Gasteiger partial charge is 0.371 e. The maximum Gasteiger partial charge on any atom is 0.371 e. The number of carboxylic acid groups (broad SMARTS) is 1. The highest BCUT2D eigenvalue weighted by Gasteiger charge is 2.45. The molecule has 0 unspecified atom stereocenters.